The molecule has 27 heavy (non-hydrogen) atoms. The van der Waals surface area contributed by atoms with Crippen LogP contribution in [0.4, 0.5) is 5.69 Å². The van der Waals surface area contributed by atoms with Crippen LogP contribution in [-0.4, -0.2) is 18.4 Å². The number of carbonyl (C=O) groups is 2. The number of nitrogens with two attached hydrogens (primary N) is 1. The van der Waals surface area contributed by atoms with Gasteiger partial charge in [0.05, 0.1) is 4.47 Å². The summed E-state index contributed by atoms with van der Waals surface area (Å²) in [6, 6.07) is 12.5. The first kappa shape index (κ1) is 20.7. The summed E-state index contributed by atoms with van der Waals surface area (Å²) in [5, 5.41) is 12.1. The number of amides is 2. The molecular weight excluding hydrogens is 478 g/mol. The number of halogens is 2. The molecule has 0 bridgehead atoms. The quantitative estimate of drug-likeness (QED) is 0.470. The van der Waals surface area contributed by atoms with E-state index in [9.17, 15) is 14.9 Å². The fourth-order valence-electron chi connectivity index (χ4n) is 2.12. The second-order valence-electron chi connectivity index (χ2n) is 5.55. The molecule has 2 rings (SSSR count). The van der Waals surface area contributed by atoms with Crippen molar-refractivity contribution in [2.24, 2.45) is 5.73 Å². The molecule has 0 aliphatic heterocycles. The van der Waals surface area contributed by atoms with Crippen molar-refractivity contribution in [2.45, 2.75) is 6.92 Å². The van der Waals surface area contributed by atoms with Gasteiger partial charge in [0, 0.05) is 15.7 Å². The summed E-state index contributed by atoms with van der Waals surface area (Å²) in [4.78, 5) is 23.5. The molecule has 0 radical (unpaired) electrons. The van der Waals surface area contributed by atoms with E-state index >= 15 is 0 Å². The largest absolute Gasteiger partial charge is 0.482 e. The topological polar surface area (TPSA) is 105 Å². The van der Waals surface area contributed by atoms with Gasteiger partial charge in [-0.3, -0.25) is 9.59 Å². The normalized spacial score (nSPS) is 10.8. The Morgan fingerprint density at radius 3 is 2.52 bits per heavy atom. The van der Waals surface area contributed by atoms with Crippen LogP contribution >= 0.6 is 31.9 Å². The van der Waals surface area contributed by atoms with Crippen LogP contribution in [0, 0.1) is 18.3 Å². The van der Waals surface area contributed by atoms with Crippen LogP contribution in [0.15, 0.2) is 50.9 Å². The predicted molar refractivity (Wildman–Crippen MR) is 110 cm³/mol. The van der Waals surface area contributed by atoms with Gasteiger partial charge in [-0.15, -0.1) is 0 Å². The minimum absolute atomic E-state index is 0.121. The van der Waals surface area contributed by atoms with E-state index in [2.05, 4.69) is 37.2 Å². The molecule has 2 amide bonds. The summed E-state index contributed by atoms with van der Waals surface area (Å²) in [7, 11) is 0. The highest BCUT2D eigenvalue weighted by Crippen LogP contribution is 2.34. The molecule has 138 valence electrons. The number of ether oxygens (including phenoxy) is 1. The molecule has 0 saturated heterocycles. The monoisotopic (exact) mass is 491 g/mol. The average Bonchev–Trinajstić information content (AvgIpc) is 2.60. The lowest BCUT2D eigenvalue weighted by Gasteiger charge is -2.11. The van der Waals surface area contributed by atoms with Gasteiger partial charge in [0.25, 0.3) is 11.8 Å². The highest BCUT2D eigenvalue weighted by Gasteiger charge is 2.15. The Balaban J connectivity index is 2.35. The van der Waals surface area contributed by atoms with E-state index in [0.717, 1.165) is 5.56 Å². The number of hydrogen-bond acceptors (Lipinski definition) is 4. The van der Waals surface area contributed by atoms with Crippen LogP contribution in [0.2, 0.25) is 0 Å². The van der Waals surface area contributed by atoms with Crippen molar-refractivity contribution in [3.63, 3.8) is 0 Å². The standard InChI is InChI=1S/C19H15Br2N3O3/c1-11-2-4-15(5-3-11)24-19(26)13(9-22)6-12-7-14(20)8-16(21)18(12)27-10-17(23)25/h2-8H,10H2,1H3,(H2,23,25)(H,24,26)/b13-6-. The summed E-state index contributed by atoms with van der Waals surface area (Å²) >= 11 is 6.68. The molecule has 0 fully saturated rings. The lowest BCUT2D eigenvalue weighted by Crippen LogP contribution is -2.20. The summed E-state index contributed by atoms with van der Waals surface area (Å²) in [5.74, 6) is -0.899. The zero-order valence-corrected chi connectivity index (χ0v) is 17.4. The lowest BCUT2D eigenvalue weighted by atomic mass is 10.1. The molecule has 3 N–H and O–H groups in total. The summed E-state index contributed by atoms with van der Waals surface area (Å²) < 4.78 is 6.65. The van der Waals surface area contributed by atoms with E-state index in [-0.39, 0.29) is 12.2 Å². The van der Waals surface area contributed by atoms with Gasteiger partial charge in [0.2, 0.25) is 0 Å². The number of benzene rings is 2. The SMILES string of the molecule is Cc1ccc(NC(=O)/C(C#N)=C\c2cc(Br)cc(Br)c2OCC(N)=O)cc1. The fraction of sp³-hybridized carbons (Fsp3) is 0.105. The lowest BCUT2D eigenvalue weighted by molar-refractivity contribution is -0.120. The first-order chi connectivity index (χ1) is 12.8. The zero-order valence-electron chi connectivity index (χ0n) is 14.3. The maximum absolute atomic E-state index is 12.4. The third-order valence-electron chi connectivity index (χ3n) is 3.37. The van der Waals surface area contributed by atoms with Crippen molar-refractivity contribution < 1.29 is 14.3 Å². The average molecular weight is 493 g/mol. The number of carbonyl (C=O) groups excluding carboxylic acids is 2. The van der Waals surface area contributed by atoms with Crippen molar-refractivity contribution in [1.82, 2.24) is 0 Å². The molecule has 0 atom stereocenters. The van der Waals surface area contributed by atoms with Crippen LogP contribution in [0.5, 0.6) is 5.75 Å². The highest BCUT2D eigenvalue weighted by molar-refractivity contribution is 9.11. The van der Waals surface area contributed by atoms with Crippen LogP contribution in [0.3, 0.4) is 0 Å². The molecule has 0 saturated carbocycles. The fourth-order valence-corrected chi connectivity index (χ4v) is 3.50. The van der Waals surface area contributed by atoms with Crippen molar-refractivity contribution in [2.75, 3.05) is 11.9 Å². The number of primary amides is 1. The Morgan fingerprint density at radius 1 is 1.26 bits per heavy atom. The predicted octanol–water partition coefficient (Wildman–Crippen LogP) is 3.93. The molecule has 6 nitrogen and oxygen atoms in total. The second-order valence-corrected chi connectivity index (χ2v) is 7.32. The minimum Gasteiger partial charge on any atom is -0.482 e. The van der Waals surface area contributed by atoms with Crippen molar-refractivity contribution in [1.29, 1.82) is 5.26 Å². The number of nitriles is 1. The van der Waals surface area contributed by atoms with Crippen molar-refractivity contribution >= 4 is 55.4 Å². The Labute approximate surface area is 173 Å². The van der Waals surface area contributed by atoms with Crippen LogP contribution in [0.25, 0.3) is 6.08 Å². The van der Waals surface area contributed by atoms with Gasteiger partial charge in [-0.1, -0.05) is 33.6 Å². The summed E-state index contributed by atoms with van der Waals surface area (Å²) in [6.45, 7) is 1.60. The summed E-state index contributed by atoms with van der Waals surface area (Å²) in [5.41, 5.74) is 7.07. The van der Waals surface area contributed by atoms with E-state index < -0.39 is 11.8 Å². The van der Waals surface area contributed by atoms with E-state index in [1.807, 2.05) is 25.1 Å². The molecule has 2 aromatic rings. The first-order valence-corrected chi connectivity index (χ1v) is 9.28. The Hall–Kier alpha value is -2.63. The molecule has 8 heteroatoms. The van der Waals surface area contributed by atoms with Gasteiger partial charge in [-0.05, 0) is 53.2 Å². The van der Waals surface area contributed by atoms with Gasteiger partial charge in [-0.25, -0.2) is 0 Å². The maximum atomic E-state index is 12.4. The number of hydrogen-bond donors (Lipinski definition) is 2. The van der Waals surface area contributed by atoms with Crippen molar-refractivity contribution in [3.8, 4) is 11.8 Å². The van der Waals surface area contributed by atoms with Gasteiger partial charge in [0.15, 0.2) is 6.61 Å². The third kappa shape index (κ3) is 5.94. The van der Waals surface area contributed by atoms with Crippen LogP contribution in [-0.2, 0) is 9.59 Å². The maximum Gasteiger partial charge on any atom is 0.266 e. The number of rotatable bonds is 6. The molecule has 2 aromatic carbocycles. The molecule has 0 aliphatic rings. The second kappa shape index (κ2) is 9.35. The van der Waals surface area contributed by atoms with Crippen LogP contribution in [0.1, 0.15) is 11.1 Å². The Bertz CT molecular complexity index is 948. The molecular formula is C19H15Br2N3O3. The number of nitrogens with one attached hydrogen (secondary N) is 1. The minimum atomic E-state index is -0.641. The smallest absolute Gasteiger partial charge is 0.266 e. The van der Waals surface area contributed by atoms with E-state index in [1.165, 1.54) is 6.08 Å². The molecule has 0 unspecified atom stereocenters. The molecule has 0 spiro atoms. The van der Waals surface area contributed by atoms with Gasteiger partial charge in [-0.2, -0.15) is 5.26 Å². The molecule has 0 aliphatic carbocycles. The van der Waals surface area contributed by atoms with Gasteiger partial charge < -0.3 is 15.8 Å². The molecule has 0 aromatic heterocycles. The number of anilines is 1. The first-order valence-electron chi connectivity index (χ1n) is 7.70. The van der Waals surface area contributed by atoms with E-state index in [1.54, 1.807) is 24.3 Å². The zero-order chi connectivity index (χ0) is 20.0. The van der Waals surface area contributed by atoms with Crippen molar-refractivity contribution in [3.05, 3.63) is 62.0 Å². The van der Waals surface area contributed by atoms with Gasteiger partial charge >= 0.3 is 0 Å². The number of aryl methyl sites for hydroxylation is 1. The van der Waals surface area contributed by atoms with Gasteiger partial charge in [0.1, 0.15) is 17.4 Å². The van der Waals surface area contributed by atoms with E-state index in [0.29, 0.717) is 25.9 Å². The number of nitrogens with zero attached hydrogens (tertiary/aromatic N) is 1. The third-order valence-corrected chi connectivity index (χ3v) is 4.42. The highest BCUT2D eigenvalue weighted by atomic mass is 79.9. The Kier molecular flexibility index (Phi) is 7.16. The van der Waals surface area contributed by atoms with Crippen LogP contribution < -0.4 is 15.8 Å². The summed E-state index contributed by atoms with van der Waals surface area (Å²) in [6.07, 6.45) is 1.38. The Morgan fingerprint density at radius 2 is 1.93 bits per heavy atom. The molecule has 0 heterocycles. The van der Waals surface area contributed by atoms with E-state index in [4.69, 9.17) is 10.5 Å².